The molecule has 2 heterocycles. The average molecular weight is 470 g/mol. The lowest BCUT2D eigenvalue weighted by atomic mass is 9.93. The number of piperazine rings is 1. The van der Waals surface area contributed by atoms with Gasteiger partial charge in [0.25, 0.3) is 11.6 Å². The van der Waals surface area contributed by atoms with Crippen molar-refractivity contribution in [3.8, 4) is 0 Å². The number of non-ortho nitro benzene ring substituents is 1. The number of rotatable bonds is 6. The van der Waals surface area contributed by atoms with Gasteiger partial charge in [-0.3, -0.25) is 30.4 Å². The Kier molecular flexibility index (Phi) is 6.59. The number of hydrogen-bond acceptors (Lipinski definition) is 9. The van der Waals surface area contributed by atoms with E-state index in [0.29, 0.717) is 48.7 Å². The average Bonchev–Trinajstić information content (AvgIpc) is 3.19. The second kappa shape index (κ2) is 9.59. The van der Waals surface area contributed by atoms with Crippen LogP contribution in [0.25, 0.3) is 0 Å². The number of nitrogens with one attached hydrogen (secondary N) is 1. The Morgan fingerprint density at radius 2 is 1.88 bits per heavy atom. The summed E-state index contributed by atoms with van der Waals surface area (Å²) in [5.74, 6) is 0.852. The van der Waals surface area contributed by atoms with Crippen molar-refractivity contribution in [2.75, 3.05) is 38.1 Å². The van der Waals surface area contributed by atoms with Gasteiger partial charge in [-0.1, -0.05) is 6.92 Å². The molecule has 12 nitrogen and oxygen atoms in total. The van der Waals surface area contributed by atoms with Crippen LogP contribution in [0.5, 0.6) is 0 Å². The summed E-state index contributed by atoms with van der Waals surface area (Å²) in [4.78, 5) is 38.2. The smallest absolute Gasteiger partial charge is 0.301 e. The van der Waals surface area contributed by atoms with Crippen LogP contribution in [0.15, 0.2) is 27.7 Å². The molecular formula is C22H26N6O6. The second-order valence-electron chi connectivity index (χ2n) is 8.32. The molecule has 0 saturated carbocycles. The number of likely N-dealkylation sites (N-methyl/N-ethyl adjacent to an activating group) is 1. The molecule has 0 bridgehead atoms. The lowest BCUT2D eigenvalue weighted by Crippen LogP contribution is -2.48. The Bertz CT molecular complexity index is 1160. The summed E-state index contributed by atoms with van der Waals surface area (Å²) in [5, 5.41) is 26.7. The molecule has 1 aromatic carbocycles. The number of furan rings is 1. The molecule has 2 aliphatic rings. The number of benzene rings is 1. The molecule has 0 radical (unpaired) electrons. The minimum Gasteiger partial charge on any atom is -0.455 e. The van der Waals surface area contributed by atoms with Crippen molar-refractivity contribution < 1.29 is 19.1 Å². The number of amides is 1. The van der Waals surface area contributed by atoms with E-state index in [2.05, 4.69) is 22.4 Å². The number of hydrazone groups is 1. The number of aryl methyl sites for hydroxylation is 1. The van der Waals surface area contributed by atoms with Crippen LogP contribution in [-0.4, -0.2) is 64.0 Å². The Hall–Kier alpha value is -3.80. The monoisotopic (exact) mass is 470 g/mol. The van der Waals surface area contributed by atoms with E-state index in [0.717, 1.165) is 37.7 Å². The van der Waals surface area contributed by atoms with Crippen LogP contribution >= 0.6 is 0 Å². The van der Waals surface area contributed by atoms with Crippen LogP contribution < -0.4 is 5.43 Å². The second-order valence-corrected chi connectivity index (χ2v) is 8.32. The van der Waals surface area contributed by atoms with E-state index in [4.69, 9.17) is 4.42 Å². The number of carbonyl (C=O) groups excluding carboxylic acids is 1. The molecule has 0 spiro atoms. The fraction of sp³-hybridized carbons (Fsp3) is 0.455. The van der Waals surface area contributed by atoms with E-state index in [1.165, 1.54) is 12.1 Å². The molecule has 34 heavy (non-hydrogen) atoms. The SMILES string of the molecule is CCN1CCN(C(=O)c2oc3c(c2C)/C(=N/Nc2ccc([N+](=O)[O-])cc2[N+](=O)[O-])CCC3)CC1. The Morgan fingerprint density at radius 3 is 2.53 bits per heavy atom. The molecule has 1 saturated heterocycles. The number of nitro groups is 2. The van der Waals surface area contributed by atoms with Gasteiger partial charge in [-0.15, -0.1) is 0 Å². The Balaban J connectivity index is 1.59. The minimum absolute atomic E-state index is 0.0430. The number of carbonyl (C=O) groups is 1. The van der Waals surface area contributed by atoms with Crippen molar-refractivity contribution in [3.63, 3.8) is 0 Å². The van der Waals surface area contributed by atoms with Crippen molar-refractivity contribution >= 4 is 28.7 Å². The number of hydrogen-bond donors (Lipinski definition) is 1. The third-order valence-corrected chi connectivity index (χ3v) is 6.33. The largest absolute Gasteiger partial charge is 0.455 e. The summed E-state index contributed by atoms with van der Waals surface area (Å²) < 4.78 is 5.99. The summed E-state index contributed by atoms with van der Waals surface area (Å²) in [5.41, 5.74) is 4.00. The molecule has 1 N–H and O–H groups in total. The van der Waals surface area contributed by atoms with Gasteiger partial charge in [0.2, 0.25) is 0 Å². The first-order valence-electron chi connectivity index (χ1n) is 11.2. The van der Waals surface area contributed by atoms with Gasteiger partial charge >= 0.3 is 5.69 Å². The topological polar surface area (TPSA) is 147 Å². The van der Waals surface area contributed by atoms with E-state index in [-0.39, 0.29) is 17.3 Å². The first-order valence-corrected chi connectivity index (χ1v) is 11.2. The molecule has 1 amide bonds. The highest BCUT2D eigenvalue weighted by molar-refractivity contribution is 6.06. The van der Waals surface area contributed by atoms with Crippen LogP contribution in [0.1, 0.15) is 47.2 Å². The zero-order chi connectivity index (χ0) is 24.4. The number of nitrogens with zero attached hydrogens (tertiary/aromatic N) is 5. The molecule has 0 unspecified atom stereocenters. The zero-order valence-electron chi connectivity index (χ0n) is 19.1. The van der Waals surface area contributed by atoms with Crippen LogP contribution in [0.3, 0.4) is 0 Å². The maximum Gasteiger partial charge on any atom is 0.301 e. The van der Waals surface area contributed by atoms with E-state index in [9.17, 15) is 25.0 Å². The first kappa shape index (κ1) is 23.4. The molecule has 2 aromatic rings. The predicted octanol–water partition coefficient (Wildman–Crippen LogP) is 3.33. The maximum atomic E-state index is 13.2. The normalized spacial score (nSPS) is 17.5. The maximum absolute atomic E-state index is 13.2. The molecule has 1 fully saturated rings. The van der Waals surface area contributed by atoms with Crippen LogP contribution in [-0.2, 0) is 6.42 Å². The Morgan fingerprint density at radius 1 is 1.15 bits per heavy atom. The van der Waals surface area contributed by atoms with Crippen molar-refractivity contribution in [2.45, 2.75) is 33.1 Å². The van der Waals surface area contributed by atoms with Crippen LogP contribution in [0, 0.1) is 27.2 Å². The first-order chi connectivity index (χ1) is 16.3. The summed E-state index contributed by atoms with van der Waals surface area (Å²) in [6.07, 6.45) is 2.03. The summed E-state index contributed by atoms with van der Waals surface area (Å²) >= 11 is 0. The van der Waals surface area contributed by atoms with Crippen LogP contribution in [0.2, 0.25) is 0 Å². The van der Waals surface area contributed by atoms with E-state index in [1.807, 2.05) is 6.92 Å². The third-order valence-electron chi connectivity index (χ3n) is 6.33. The minimum atomic E-state index is -0.694. The molecule has 1 aliphatic heterocycles. The van der Waals surface area contributed by atoms with Gasteiger partial charge < -0.3 is 14.2 Å². The quantitative estimate of drug-likeness (QED) is 0.499. The molecule has 1 aliphatic carbocycles. The number of nitro benzene ring substituents is 2. The van der Waals surface area contributed by atoms with Gasteiger partial charge in [-0.05, 0) is 32.4 Å². The van der Waals surface area contributed by atoms with Gasteiger partial charge in [0.15, 0.2) is 5.76 Å². The molecule has 1 aromatic heterocycles. The van der Waals surface area contributed by atoms with Gasteiger partial charge in [0.1, 0.15) is 11.4 Å². The van der Waals surface area contributed by atoms with Crippen molar-refractivity contribution in [3.05, 3.63) is 61.1 Å². The molecule has 0 atom stereocenters. The lowest BCUT2D eigenvalue weighted by Gasteiger charge is -2.33. The standard InChI is InChI=1S/C22H26N6O6/c1-3-25-9-11-26(12-10-25)22(29)21-14(2)20-17(5-4-6-19(20)34-21)24-23-16-8-7-15(27(30)31)13-18(16)28(32)33/h7-8,13,23H,3-6,9-12H2,1-2H3/b24-17+. The molecular weight excluding hydrogens is 444 g/mol. The third kappa shape index (κ3) is 4.49. The van der Waals surface area contributed by atoms with E-state index >= 15 is 0 Å². The summed E-state index contributed by atoms with van der Waals surface area (Å²) in [6.45, 7) is 7.82. The van der Waals surface area contributed by atoms with Crippen molar-refractivity contribution in [2.24, 2.45) is 5.10 Å². The van der Waals surface area contributed by atoms with Crippen LogP contribution in [0.4, 0.5) is 17.1 Å². The van der Waals surface area contributed by atoms with Crippen molar-refractivity contribution in [1.82, 2.24) is 9.80 Å². The van der Waals surface area contributed by atoms with E-state index < -0.39 is 15.5 Å². The number of anilines is 1. The van der Waals surface area contributed by atoms with Gasteiger partial charge in [0.05, 0.1) is 21.6 Å². The highest BCUT2D eigenvalue weighted by Gasteiger charge is 2.31. The fourth-order valence-electron chi connectivity index (χ4n) is 4.40. The molecule has 4 rings (SSSR count). The van der Waals surface area contributed by atoms with Crippen molar-refractivity contribution in [1.29, 1.82) is 0 Å². The van der Waals surface area contributed by atoms with Gasteiger partial charge in [0, 0.05) is 49.8 Å². The highest BCUT2D eigenvalue weighted by atomic mass is 16.6. The Labute approximate surface area is 195 Å². The predicted molar refractivity (Wildman–Crippen MR) is 124 cm³/mol. The zero-order valence-corrected chi connectivity index (χ0v) is 19.1. The van der Waals surface area contributed by atoms with E-state index in [1.54, 1.807) is 4.90 Å². The van der Waals surface area contributed by atoms with Gasteiger partial charge in [-0.25, -0.2) is 0 Å². The highest BCUT2D eigenvalue weighted by Crippen LogP contribution is 2.32. The summed E-state index contributed by atoms with van der Waals surface area (Å²) in [6, 6.07) is 3.34. The summed E-state index contributed by atoms with van der Waals surface area (Å²) in [7, 11) is 0. The molecule has 12 heteroatoms. The fourth-order valence-corrected chi connectivity index (χ4v) is 4.40. The number of fused-ring (bicyclic) bond motifs is 1. The van der Waals surface area contributed by atoms with Gasteiger partial charge in [-0.2, -0.15) is 5.10 Å². The molecule has 180 valence electrons. The lowest BCUT2D eigenvalue weighted by molar-refractivity contribution is -0.393.